The maximum absolute atomic E-state index is 5.72. The summed E-state index contributed by atoms with van der Waals surface area (Å²) in [6.45, 7) is 4.29. The molecule has 1 unspecified atom stereocenters. The molecule has 1 aromatic carbocycles. The van der Waals surface area contributed by atoms with Gasteiger partial charge in [-0.05, 0) is 42.7 Å². The van der Waals surface area contributed by atoms with Crippen LogP contribution in [0.1, 0.15) is 33.8 Å². The van der Waals surface area contributed by atoms with E-state index in [9.17, 15) is 0 Å². The molecule has 0 spiro atoms. The molecule has 0 aliphatic rings. The lowest BCUT2D eigenvalue weighted by molar-refractivity contribution is 0.555. The molecule has 19 heavy (non-hydrogen) atoms. The first kappa shape index (κ1) is 14.7. The predicted molar refractivity (Wildman–Crippen MR) is 86.3 cm³/mol. The van der Waals surface area contributed by atoms with Crippen molar-refractivity contribution in [3.63, 3.8) is 0 Å². The van der Waals surface area contributed by atoms with Crippen molar-refractivity contribution in [1.82, 2.24) is 5.43 Å². The summed E-state index contributed by atoms with van der Waals surface area (Å²) in [6, 6.07) is 11.0. The van der Waals surface area contributed by atoms with E-state index < -0.39 is 0 Å². The fourth-order valence-electron chi connectivity index (χ4n) is 2.08. The van der Waals surface area contributed by atoms with Crippen LogP contribution < -0.4 is 11.3 Å². The minimum absolute atomic E-state index is 0.162. The van der Waals surface area contributed by atoms with Crippen LogP contribution in [-0.2, 0) is 12.8 Å². The first-order valence-corrected chi connectivity index (χ1v) is 8.04. The number of halogens is 1. The van der Waals surface area contributed by atoms with E-state index in [1.165, 1.54) is 20.9 Å². The number of aryl methyl sites for hydroxylation is 2. The van der Waals surface area contributed by atoms with Crippen molar-refractivity contribution in [2.75, 3.05) is 0 Å². The lowest BCUT2D eigenvalue weighted by atomic mass is 10.0. The van der Waals surface area contributed by atoms with Crippen LogP contribution in [0.5, 0.6) is 0 Å². The number of rotatable bonds is 5. The Labute approximate surface area is 127 Å². The van der Waals surface area contributed by atoms with Gasteiger partial charge in [-0.2, -0.15) is 0 Å². The van der Waals surface area contributed by atoms with Crippen LogP contribution >= 0.6 is 27.3 Å². The van der Waals surface area contributed by atoms with Crippen molar-refractivity contribution in [2.45, 2.75) is 32.7 Å². The molecule has 0 saturated carbocycles. The second-order valence-electron chi connectivity index (χ2n) is 4.65. The zero-order chi connectivity index (χ0) is 13.8. The lowest BCUT2D eigenvalue weighted by Crippen LogP contribution is -2.29. The second-order valence-corrected chi connectivity index (χ2v) is 6.76. The highest BCUT2D eigenvalue weighted by Gasteiger charge is 2.12. The smallest absolute Gasteiger partial charge is 0.0508 e. The van der Waals surface area contributed by atoms with Crippen molar-refractivity contribution in [3.8, 4) is 0 Å². The van der Waals surface area contributed by atoms with Gasteiger partial charge in [0.05, 0.1) is 6.04 Å². The molecule has 2 aromatic rings. The van der Waals surface area contributed by atoms with Crippen LogP contribution in [0, 0.1) is 6.92 Å². The quantitative estimate of drug-likeness (QED) is 0.635. The van der Waals surface area contributed by atoms with Crippen LogP contribution in [0.3, 0.4) is 0 Å². The molecule has 1 atom stereocenters. The van der Waals surface area contributed by atoms with Gasteiger partial charge in [0.25, 0.3) is 0 Å². The van der Waals surface area contributed by atoms with E-state index in [2.05, 4.69) is 65.5 Å². The molecular weight excluding hydrogens is 320 g/mol. The summed E-state index contributed by atoms with van der Waals surface area (Å²) >= 11 is 5.40. The Balaban J connectivity index is 2.17. The van der Waals surface area contributed by atoms with Gasteiger partial charge in [-0.15, -0.1) is 11.3 Å². The number of thiophene rings is 1. The monoisotopic (exact) mass is 338 g/mol. The maximum atomic E-state index is 5.72. The van der Waals surface area contributed by atoms with Crippen molar-refractivity contribution in [2.24, 2.45) is 5.84 Å². The van der Waals surface area contributed by atoms with E-state index >= 15 is 0 Å². The molecular formula is C15H19BrN2S. The Hall–Kier alpha value is -0.680. The van der Waals surface area contributed by atoms with Crippen molar-refractivity contribution < 1.29 is 0 Å². The van der Waals surface area contributed by atoms with Gasteiger partial charge in [0.1, 0.15) is 0 Å². The highest BCUT2D eigenvalue weighted by Crippen LogP contribution is 2.26. The summed E-state index contributed by atoms with van der Waals surface area (Å²) in [7, 11) is 0. The fourth-order valence-corrected chi connectivity index (χ4v) is 3.33. The van der Waals surface area contributed by atoms with Gasteiger partial charge in [0, 0.05) is 20.6 Å². The minimum Gasteiger partial charge on any atom is -0.271 e. The molecule has 0 aliphatic carbocycles. The lowest BCUT2D eigenvalue weighted by Gasteiger charge is -2.16. The van der Waals surface area contributed by atoms with Gasteiger partial charge in [-0.3, -0.25) is 11.3 Å². The largest absolute Gasteiger partial charge is 0.271 e. The van der Waals surface area contributed by atoms with Gasteiger partial charge in [0.2, 0.25) is 0 Å². The number of nitrogens with two attached hydrogens (primary N) is 1. The molecule has 0 saturated heterocycles. The molecule has 102 valence electrons. The summed E-state index contributed by atoms with van der Waals surface area (Å²) in [5, 5.41) is 0. The number of hydrogen-bond acceptors (Lipinski definition) is 3. The van der Waals surface area contributed by atoms with Crippen molar-refractivity contribution in [3.05, 3.63) is 55.7 Å². The van der Waals surface area contributed by atoms with Gasteiger partial charge < -0.3 is 0 Å². The third-order valence-electron chi connectivity index (χ3n) is 3.26. The van der Waals surface area contributed by atoms with Gasteiger partial charge in [-0.1, -0.05) is 35.0 Å². The minimum atomic E-state index is 0.162. The molecule has 1 aromatic heterocycles. The molecule has 4 heteroatoms. The Bertz CT molecular complexity index is 551. The first-order valence-electron chi connectivity index (χ1n) is 6.43. The molecule has 3 N–H and O–H groups in total. The maximum Gasteiger partial charge on any atom is 0.0508 e. The molecule has 2 nitrogen and oxygen atoms in total. The Kier molecular flexibility index (Phi) is 5.16. The van der Waals surface area contributed by atoms with E-state index in [1.807, 2.05) is 11.3 Å². The van der Waals surface area contributed by atoms with E-state index in [0.717, 1.165) is 17.3 Å². The van der Waals surface area contributed by atoms with E-state index in [4.69, 9.17) is 5.84 Å². The molecule has 0 amide bonds. The normalized spacial score (nSPS) is 12.6. The molecule has 0 bridgehead atoms. The summed E-state index contributed by atoms with van der Waals surface area (Å²) in [5.41, 5.74) is 5.40. The highest BCUT2D eigenvalue weighted by atomic mass is 79.9. The van der Waals surface area contributed by atoms with Crippen LogP contribution in [0.4, 0.5) is 0 Å². The van der Waals surface area contributed by atoms with Crippen LogP contribution in [0.15, 0.2) is 34.8 Å². The summed E-state index contributed by atoms with van der Waals surface area (Å²) in [5.74, 6) is 5.72. The third-order valence-corrected chi connectivity index (χ3v) is 5.40. The van der Waals surface area contributed by atoms with Gasteiger partial charge in [0.15, 0.2) is 0 Å². The molecule has 1 heterocycles. The van der Waals surface area contributed by atoms with Gasteiger partial charge in [-0.25, -0.2) is 0 Å². The summed E-state index contributed by atoms with van der Waals surface area (Å²) in [4.78, 5) is 2.80. The second kappa shape index (κ2) is 6.66. The topological polar surface area (TPSA) is 38.0 Å². The third kappa shape index (κ3) is 3.66. The number of benzene rings is 1. The average molecular weight is 339 g/mol. The summed E-state index contributed by atoms with van der Waals surface area (Å²) < 4.78 is 1.14. The molecule has 0 radical (unpaired) electrons. The Morgan fingerprint density at radius 1 is 1.26 bits per heavy atom. The van der Waals surface area contributed by atoms with Gasteiger partial charge >= 0.3 is 0 Å². The number of hydrazine groups is 1. The van der Waals surface area contributed by atoms with Crippen LogP contribution in [0.25, 0.3) is 0 Å². The van der Waals surface area contributed by atoms with E-state index in [-0.39, 0.29) is 6.04 Å². The molecule has 0 fully saturated rings. The Morgan fingerprint density at radius 2 is 2.00 bits per heavy atom. The van der Waals surface area contributed by atoms with Crippen LogP contribution in [-0.4, -0.2) is 0 Å². The average Bonchev–Trinajstić information content (AvgIpc) is 2.87. The molecule has 2 rings (SSSR count). The summed E-state index contributed by atoms with van der Waals surface area (Å²) in [6.07, 6.45) is 2.03. The highest BCUT2D eigenvalue weighted by molar-refractivity contribution is 9.10. The SMILES string of the molecule is CCc1ccc(CC(NN)c2ccc(Br)c(C)c2)s1. The predicted octanol–water partition coefficient (Wildman–Crippen LogP) is 4.13. The number of nitrogens with one attached hydrogen (secondary N) is 1. The van der Waals surface area contributed by atoms with Crippen molar-refractivity contribution in [1.29, 1.82) is 0 Å². The standard InChI is InChI=1S/C15H19BrN2S/c1-3-12-5-6-13(19-12)9-15(18-17)11-4-7-14(16)10(2)8-11/h4-8,15,18H,3,9,17H2,1-2H3. The fraction of sp³-hybridized carbons (Fsp3) is 0.333. The zero-order valence-electron chi connectivity index (χ0n) is 11.2. The van der Waals surface area contributed by atoms with Crippen molar-refractivity contribution >= 4 is 27.3 Å². The Morgan fingerprint density at radius 3 is 2.58 bits per heavy atom. The van der Waals surface area contributed by atoms with E-state index in [0.29, 0.717) is 0 Å². The number of hydrogen-bond donors (Lipinski definition) is 2. The zero-order valence-corrected chi connectivity index (χ0v) is 13.6. The first-order chi connectivity index (χ1) is 9.13. The molecule has 0 aliphatic heterocycles. The van der Waals surface area contributed by atoms with Crippen LogP contribution in [0.2, 0.25) is 0 Å². The van der Waals surface area contributed by atoms with E-state index in [1.54, 1.807) is 0 Å².